The van der Waals surface area contributed by atoms with E-state index >= 15 is 0 Å². The summed E-state index contributed by atoms with van der Waals surface area (Å²) in [5.41, 5.74) is 7.49. The average molecular weight is 369 g/mol. The molecule has 2 amide bonds. The number of hydrogen-bond donors (Lipinski definition) is 2. The number of aromatic nitrogens is 1. The molecular weight excluding hydrogens is 350 g/mol. The lowest BCUT2D eigenvalue weighted by atomic mass is 10.1. The second kappa shape index (κ2) is 7.53. The Labute approximate surface area is 155 Å². The van der Waals surface area contributed by atoms with E-state index in [1.54, 1.807) is 6.92 Å². The van der Waals surface area contributed by atoms with Gasteiger partial charge in [0.15, 0.2) is 0 Å². The molecule has 0 aliphatic carbocycles. The van der Waals surface area contributed by atoms with Crippen LogP contribution in [0.3, 0.4) is 0 Å². The standard InChI is InChI=1S/C19H19N3O3S/c1-4-14-11(2)10-15(26-14)18(23)20-21-19(24)16-12(3)25-22-17(16)13-8-6-5-7-9-13/h5-10H,4H2,1-3H3,(H,20,23)(H,21,24). The van der Waals surface area contributed by atoms with Crippen molar-refractivity contribution in [3.63, 3.8) is 0 Å². The van der Waals surface area contributed by atoms with Gasteiger partial charge in [0, 0.05) is 10.4 Å². The van der Waals surface area contributed by atoms with Crippen LogP contribution in [0.25, 0.3) is 11.3 Å². The van der Waals surface area contributed by atoms with E-state index < -0.39 is 5.91 Å². The lowest BCUT2D eigenvalue weighted by Gasteiger charge is -2.06. The van der Waals surface area contributed by atoms with Gasteiger partial charge < -0.3 is 4.52 Å². The molecule has 0 aliphatic heterocycles. The van der Waals surface area contributed by atoms with E-state index in [0.717, 1.165) is 22.4 Å². The number of aryl methyl sites for hydroxylation is 3. The van der Waals surface area contributed by atoms with Gasteiger partial charge in [0.1, 0.15) is 17.0 Å². The fourth-order valence-electron chi connectivity index (χ4n) is 2.65. The van der Waals surface area contributed by atoms with Crippen molar-refractivity contribution < 1.29 is 14.1 Å². The van der Waals surface area contributed by atoms with Crippen molar-refractivity contribution in [3.8, 4) is 11.3 Å². The Kier molecular flexibility index (Phi) is 5.18. The van der Waals surface area contributed by atoms with Gasteiger partial charge in [0.05, 0.1) is 4.88 Å². The number of rotatable bonds is 4. The Morgan fingerprint density at radius 1 is 1.12 bits per heavy atom. The van der Waals surface area contributed by atoms with Crippen LogP contribution in [0.2, 0.25) is 0 Å². The Morgan fingerprint density at radius 3 is 2.46 bits per heavy atom. The molecule has 0 bridgehead atoms. The van der Waals surface area contributed by atoms with Gasteiger partial charge in [-0.2, -0.15) is 0 Å². The monoisotopic (exact) mass is 369 g/mol. The number of nitrogens with zero attached hydrogens (tertiary/aromatic N) is 1. The first-order chi connectivity index (χ1) is 12.5. The summed E-state index contributed by atoms with van der Waals surface area (Å²) in [6.45, 7) is 5.67. The van der Waals surface area contributed by atoms with E-state index in [2.05, 4.69) is 16.0 Å². The minimum absolute atomic E-state index is 0.299. The maximum absolute atomic E-state index is 12.6. The number of carbonyl (C=O) groups is 2. The predicted molar refractivity (Wildman–Crippen MR) is 100 cm³/mol. The van der Waals surface area contributed by atoms with Crippen LogP contribution in [0.4, 0.5) is 0 Å². The van der Waals surface area contributed by atoms with Crippen molar-refractivity contribution in [2.45, 2.75) is 27.2 Å². The van der Waals surface area contributed by atoms with Crippen molar-refractivity contribution in [3.05, 3.63) is 63.0 Å². The molecule has 7 heteroatoms. The van der Waals surface area contributed by atoms with E-state index in [-0.39, 0.29) is 5.91 Å². The van der Waals surface area contributed by atoms with E-state index in [9.17, 15) is 9.59 Å². The smallest absolute Gasteiger partial charge is 0.279 e. The third-order valence-electron chi connectivity index (χ3n) is 3.99. The molecule has 2 heterocycles. The molecule has 3 rings (SSSR count). The van der Waals surface area contributed by atoms with E-state index in [1.165, 1.54) is 11.3 Å². The number of carbonyl (C=O) groups excluding carboxylic acids is 2. The van der Waals surface area contributed by atoms with Gasteiger partial charge >= 0.3 is 0 Å². The van der Waals surface area contributed by atoms with Gasteiger partial charge in [-0.1, -0.05) is 42.4 Å². The van der Waals surface area contributed by atoms with Gasteiger partial charge in [-0.05, 0) is 31.9 Å². The van der Waals surface area contributed by atoms with Gasteiger partial charge in [-0.25, -0.2) is 0 Å². The summed E-state index contributed by atoms with van der Waals surface area (Å²) < 4.78 is 5.17. The van der Waals surface area contributed by atoms with E-state index in [1.807, 2.05) is 50.2 Å². The lowest BCUT2D eigenvalue weighted by molar-refractivity contribution is 0.0848. The van der Waals surface area contributed by atoms with Crippen molar-refractivity contribution in [1.82, 2.24) is 16.0 Å². The molecule has 26 heavy (non-hydrogen) atoms. The van der Waals surface area contributed by atoms with Crippen LogP contribution < -0.4 is 10.9 Å². The van der Waals surface area contributed by atoms with Crippen LogP contribution in [0.15, 0.2) is 40.9 Å². The van der Waals surface area contributed by atoms with E-state index in [0.29, 0.717) is 21.9 Å². The normalized spacial score (nSPS) is 10.6. The molecule has 0 atom stereocenters. The minimum atomic E-state index is -0.472. The Bertz CT molecular complexity index is 944. The third kappa shape index (κ3) is 3.52. The first kappa shape index (κ1) is 17.9. The molecule has 2 N–H and O–H groups in total. The van der Waals surface area contributed by atoms with Crippen LogP contribution >= 0.6 is 11.3 Å². The first-order valence-electron chi connectivity index (χ1n) is 8.23. The Hall–Kier alpha value is -2.93. The molecule has 0 aliphatic rings. The van der Waals surface area contributed by atoms with Crippen LogP contribution in [-0.4, -0.2) is 17.0 Å². The molecule has 2 aromatic heterocycles. The highest BCUT2D eigenvalue weighted by atomic mass is 32.1. The number of thiophene rings is 1. The molecule has 1 aromatic carbocycles. The van der Waals surface area contributed by atoms with Crippen LogP contribution in [0.1, 0.15) is 43.2 Å². The maximum atomic E-state index is 12.6. The topological polar surface area (TPSA) is 84.2 Å². The fraction of sp³-hybridized carbons (Fsp3) is 0.211. The molecule has 0 fully saturated rings. The highest BCUT2D eigenvalue weighted by Gasteiger charge is 2.22. The van der Waals surface area contributed by atoms with Gasteiger partial charge in [-0.15, -0.1) is 11.3 Å². The summed E-state index contributed by atoms with van der Waals surface area (Å²) in [5.74, 6) is -0.433. The fourth-order valence-corrected chi connectivity index (χ4v) is 3.66. The molecule has 0 spiro atoms. The summed E-state index contributed by atoms with van der Waals surface area (Å²) in [6.07, 6.45) is 0.871. The van der Waals surface area contributed by atoms with Crippen LogP contribution in [0.5, 0.6) is 0 Å². The van der Waals surface area contributed by atoms with Crippen molar-refractivity contribution in [2.75, 3.05) is 0 Å². The molecular formula is C19H19N3O3S. The number of benzene rings is 1. The van der Waals surface area contributed by atoms with Crippen LogP contribution in [-0.2, 0) is 6.42 Å². The third-order valence-corrected chi connectivity index (χ3v) is 5.37. The summed E-state index contributed by atoms with van der Waals surface area (Å²) in [5, 5.41) is 3.97. The largest absolute Gasteiger partial charge is 0.360 e. The van der Waals surface area contributed by atoms with Gasteiger partial charge in [0.25, 0.3) is 11.8 Å². The zero-order chi connectivity index (χ0) is 18.7. The molecule has 3 aromatic rings. The number of hydrogen-bond acceptors (Lipinski definition) is 5. The van der Waals surface area contributed by atoms with Crippen molar-refractivity contribution in [2.24, 2.45) is 0 Å². The summed E-state index contributed by atoms with van der Waals surface area (Å²) in [6, 6.07) is 11.1. The molecule has 0 saturated heterocycles. The Balaban J connectivity index is 1.75. The van der Waals surface area contributed by atoms with Gasteiger partial charge in [-0.3, -0.25) is 20.4 Å². The lowest BCUT2D eigenvalue weighted by Crippen LogP contribution is -2.41. The second-order valence-corrected chi connectivity index (χ2v) is 6.94. The maximum Gasteiger partial charge on any atom is 0.279 e. The summed E-state index contributed by atoms with van der Waals surface area (Å²) >= 11 is 1.43. The molecule has 6 nitrogen and oxygen atoms in total. The number of hydrazine groups is 1. The first-order valence-corrected chi connectivity index (χ1v) is 9.04. The van der Waals surface area contributed by atoms with Gasteiger partial charge in [0.2, 0.25) is 0 Å². The summed E-state index contributed by atoms with van der Waals surface area (Å²) in [7, 11) is 0. The number of nitrogens with one attached hydrogen (secondary N) is 2. The molecule has 0 radical (unpaired) electrons. The SMILES string of the molecule is CCc1sc(C(=O)NNC(=O)c2c(-c3ccccc3)noc2C)cc1C. The molecule has 0 saturated carbocycles. The van der Waals surface area contributed by atoms with Crippen molar-refractivity contribution in [1.29, 1.82) is 0 Å². The minimum Gasteiger partial charge on any atom is -0.360 e. The van der Waals surface area contributed by atoms with E-state index in [4.69, 9.17) is 4.52 Å². The second-order valence-electron chi connectivity index (χ2n) is 5.81. The highest BCUT2D eigenvalue weighted by molar-refractivity contribution is 7.14. The quantitative estimate of drug-likeness (QED) is 0.688. The summed E-state index contributed by atoms with van der Waals surface area (Å²) in [4.78, 5) is 26.6. The van der Waals surface area contributed by atoms with Crippen LogP contribution in [0, 0.1) is 13.8 Å². The zero-order valence-corrected chi connectivity index (χ0v) is 15.6. The zero-order valence-electron chi connectivity index (χ0n) is 14.8. The predicted octanol–water partition coefficient (Wildman–Crippen LogP) is 3.66. The number of amides is 2. The highest BCUT2D eigenvalue weighted by Crippen LogP contribution is 2.25. The average Bonchev–Trinajstić information content (AvgIpc) is 3.22. The Morgan fingerprint density at radius 2 is 1.81 bits per heavy atom. The molecule has 134 valence electrons. The molecule has 0 unspecified atom stereocenters. The van der Waals surface area contributed by atoms with Crippen molar-refractivity contribution >= 4 is 23.2 Å².